The van der Waals surface area contributed by atoms with Crippen molar-refractivity contribution in [1.82, 2.24) is 9.97 Å². The fraction of sp³-hybridized carbons (Fsp3) is 0.300. The first-order valence-corrected chi connectivity index (χ1v) is 9.29. The van der Waals surface area contributed by atoms with Crippen molar-refractivity contribution in [2.75, 3.05) is 19.5 Å². The highest BCUT2D eigenvalue weighted by atomic mass is 35.5. The third kappa shape index (κ3) is 4.34. The highest BCUT2D eigenvalue weighted by Crippen LogP contribution is 2.39. The minimum atomic E-state index is -0.373. The molecule has 28 heavy (non-hydrogen) atoms. The first kappa shape index (κ1) is 20.3. The Labute approximate surface area is 173 Å². The summed E-state index contributed by atoms with van der Waals surface area (Å²) in [5, 5.41) is 4.84. The minimum absolute atomic E-state index is 0.373. The van der Waals surface area contributed by atoms with E-state index in [0.717, 1.165) is 5.39 Å². The van der Waals surface area contributed by atoms with E-state index >= 15 is 0 Å². The summed E-state index contributed by atoms with van der Waals surface area (Å²) in [5.41, 5.74) is 0.939. The molecule has 0 radical (unpaired) electrons. The predicted octanol–water partition coefficient (Wildman–Crippen LogP) is 5.87. The fourth-order valence-electron chi connectivity index (χ4n) is 2.64. The molecular formula is C20H21Cl2N3O3. The topological polar surface area (TPSA) is 65.5 Å². The Morgan fingerprint density at radius 3 is 2.21 bits per heavy atom. The van der Waals surface area contributed by atoms with Gasteiger partial charge in [0, 0.05) is 17.5 Å². The van der Waals surface area contributed by atoms with Crippen LogP contribution < -0.4 is 19.5 Å². The largest absolute Gasteiger partial charge is 0.495 e. The maximum Gasteiger partial charge on any atom is 0.164 e. The lowest BCUT2D eigenvalue weighted by atomic mass is 10.1. The lowest BCUT2D eigenvalue weighted by molar-refractivity contribution is 0.126. The van der Waals surface area contributed by atoms with Gasteiger partial charge < -0.3 is 19.5 Å². The number of benzene rings is 2. The first-order valence-electron chi connectivity index (χ1n) is 8.53. The fourth-order valence-corrected chi connectivity index (χ4v) is 3.15. The van der Waals surface area contributed by atoms with Crippen LogP contribution in [0.5, 0.6) is 17.2 Å². The molecule has 1 heterocycles. The van der Waals surface area contributed by atoms with Crippen LogP contribution in [0.1, 0.15) is 20.8 Å². The number of methoxy groups -OCH3 is 2. The maximum atomic E-state index is 6.33. The zero-order valence-corrected chi connectivity index (χ0v) is 17.8. The summed E-state index contributed by atoms with van der Waals surface area (Å²) in [4.78, 5) is 8.70. The Bertz CT molecular complexity index is 1020. The van der Waals surface area contributed by atoms with Crippen LogP contribution in [0.25, 0.3) is 10.9 Å². The SMILES string of the molecule is COc1cc(Nc2ncnc3cc(OC(C)(C)C)c(OC)cc23)c(Cl)cc1Cl. The van der Waals surface area contributed by atoms with Crippen LogP contribution in [0.15, 0.2) is 30.6 Å². The molecule has 1 N–H and O–H groups in total. The third-order valence-electron chi connectivity index (χ3n) is 3.83. The molecule has 0 aliphatic heterocycles. The zero-order valence-electron chi connectivity index (χ0n) is 16.3. The molecule has 0 saturated heterocycles. The average Bonchev–Trinajstić information content (AvgIpc) is 2.62. The Morgan fingerprint density at radius 2 is 1.57 bits per heavy atom. The monoisotopic (exact) mass is 421 g/mol. The van der Waals surface area contributed by atoms with Crippen LogP contribution in [0.3, 0.4) is 0 Å². The Hall–Kier alpha value is -2.44. The van der Waals surface area contributed by atoms with Gasteiger partial charge in [-0.15, -0.1) is 0 Å². The van der Waals surface area contributed by atoms with Crippen molar-refractivity contribution in [1.29, 1.82) is 0 Å². The number of rotatable bonds is 5. The second-order valence-corrected chi connectivity index (χ2v) is 7.86. The number of nitrogens with zero attached hydrogens (tertiary/aromatic N) is 2. The summed E-state index contributed by atoms with van der Waals surface area (Å²) in [5.74, 6) is 2.26. The molecule has 0 fully saturated rings. The Kier molecular flexibility index (Phi) is 5.72. The molecule has 0 amide bonds. The second-order valence-electron chi connectivity index (χ2n) is 7.05. The van der Waals surface area contributed by atoms with Crippen molar-refractivity contribution in [3.63, 3.8) is 0 Å². The van der Waals surface area contributed by atoms with Crippen LogP contribution in [0.4, 0.5) is 11.5 Å². The molecule has 148 valence electrons. The standard InChI is InChI=1S/C20H21Cl2N3O3/c1-20(2,3)28-18-8-14-11(6-17(18)27-5)19(24-10-23-14)25-15-9-16(26-4)13(22)7-12(15)21/h6-10H,1-5H3,(H,23,24,25). The molecule has 3 aromatic rings. The van der Waals surface area contributed by atoms with Gasteiger partial charge in [0.15, 0.2) is 11.5 Å². The van der Waals surface area contributed by atoms with Gasteiger partial charge in [-0.2, -0.15) is 0 Å². The Balaban J connectivity index is 2.08. The van der Waals surface area contributed by atoms with Crippen molar-refractivity contribution in [2.24, 2.45) is 0 Å². The molecule has 0 spiro atoms. The first-order chi connectivity index (χ1) is 13.2. The van der Waals surface area contributed by atoms with Crippen molar-refractivity contribution >= 4 is 45.6 Å². The van der Waals surface area contributed by atoms with E-state index < -0.39 is 0 Å². The lowest BCUT2D eigenvalue weighted by Crippen LogP contribution is -2.23. The van der Waals surface area contributed by atoms with Crippen molar-refractivity contribution in [3.8, 4) is 17.2 Å². The number of hydrogen-bond donors (Lipinski definition) is 1. The molecule has 2 aromatic carbocycles. The summed E-state index contributed by atoms with van der Waals surface area (Å²) in [6.07, 6.45) is 1.47. The normalized spacial score (nSPS) is 11.4. The molecular weight excluding hydrogens is 401 g/mol. The summed E-state index contributed by atoms with van der Waals surface area (Å²) in [6.45, 7) is 5.92. The molecule has 0 saturated carbocycles. The summed E-state index contributed by atoms with van der Waals surface area (Å²) in [7, 11) is 3.13. The molecule has 0 aliphatic carbocycles. The van der Waals surface area contributed by atoms with Crippen LogP contribution in [0, 0.1) is 0 Å². The van der Waals surface area contributed by atoms with Gasteiger partial charge in [-0.25, -0.2) is 9.97 Å². The van der Waals surface area contributed by atoms with Crippen LogP contribution in [-0.2, 0) is 0 Å². The molecule has 0 atom stereocenters. The van der Waals surface area contributed by atoms with Gasteiger partial charge in [0.2, 0.25) is 0 Å². The number of ether oxygens (including phenoxy) is 3. The van der Waals surface area contributed by atoms with E-state index in [1.54, 1.807) is 26.4 Å². The van der Waals surface area contributed by atoms with Crippen molar-refractivity contribution in [3.05, 3.63) is 40.6 Å². The second kappa shape index (κ2) is 7.89. The number of halogens is 2. The van der Waals surface area contributed by atoms with Gasteiger partial charge in [0.25, 0.3) is 0 Å². The van der Waals surface area contributed by atoms with E-state index in [4.69, 9.17) is 37.4 Å². The van der Waals surface area contributed by atoms with Crippen LogP contribution in [0.2, 0.25) is 10.0 Å². The number of hydrogen-bond acceptors (Lipinski definition) is 6. The summed E-state index contributed by atoms with van der Waals surface area (Å²) < 4.78 is 16.8. The van der Waals surface area contributed by atoms with Gasteiger partial charge in [0.1, 0.15) is 23.5 Å². The van der Waals surface area contributed by atoms with E-state index in [-0.39, 0.29) is 5.60 Å². The molecule has 3 rings (SSSR count). The van der Waals surface area contributed by atoms with E-state index in [1.165, 1.54) is 6.33 Å². The lowest BCUT2D eigenvalue weighted by Gasteiger charge is -2.23. The van der Waals surface area contributed by atoms with Gasteiger partial charge >= 0.3 is 0 Å². The highest BCUT2D eigenvalue weighted by Gasteiger charge is 2.18. The predicted molar refractivity (Wildman–Crippen MR) is 113 cm³/mol. The van der Waals surface area contributed by atoms with E-state index in [1.807, 2.05) is 32.9 Å². The maximum absolute atomic E-state index is 6.33. The molecule has 1 aromatic heterocycles. The molecule has 8 heteroatoms. The van der Waals surface area contributed by atoms with E-state index in [2.05, 4.69) is 15.3 Å². The van der Waals surface area contributed by atoms with E-state index in [9.17, 15) is 0 Å². The minimum Gasteiger partial charge on any atom is -0.495 e. The molecule has 0 aliphatic rings. The van der Waals surface area contributed by atoms with Crippen molar-refractivity contribution < 1.29 is 14.2 Å². The summed E-state index contributed by atoms with van der Waals surface area (Å²) >= 11 is 12.4. The van der Waals surface area contributed by atoms with Crippen LogP contribution in [-0.4, -0.2) is 29.8 Å². The Morgan fingerprint density at radius 1 is 0.857 bits per heavy atom. The average molecular weight is 422 g/mol. The number of nitrogens with one attached hydrogen (secondary N) is 1. The van der Waals surface area contributed by atoms with Gasteiger partial charge in [-0.1, -0.05) is 23.2 Å². The highest BCUT2D eigenvalue weighted by molar-refractivity contribution is 6.37. The van der Waals surface area contributed by atoms with Crippen LogP contribution >= 0.6 is 23.2 Å². The summed E-state index contributed by atoms with van der Waals surface area (Å²) in [6, 6.07) is 6.99. The molecule has 6 nitrogen and oxygen atoms in total. The molecule has 0 unspecified atom stereocenters. The number of aromatic nitrogens is 2. The van der Waals surface area contributed by atoms with Gasteiger partial charge in [-0.05, 0) is 32.9 Å². The van der Waals surface area contributed by atoms with E-state index in [0.29, 0.717) is 44.3 Å². The third-order valence-corrected chi connectivity index (χ3v) is 4.44. The molecule has 0 bridgehead atoms. The zero-order chi connectivity index (χ0) is 20.5. The number of fused-ring (bicyclic) bond motifs is 1. The quantitative estimate of drug-likeness (QED) is 0.554. The van der Waals surface area contributed by atoms with Gasteiger partial charge in [-0.3, -0.25) is 0 Å². The smallest absolute Gasteiger partial charge is 0.164 e. The number of anilines is 2. The van der Waals surface area contributed by atoms with Gasteiger partial charge in [0.05, 0.1) is 35.5 Å². The van der Waals surface area contributed by atoms with Crippen molar-refractivity contribution in [2.45, 2.75) is 26.4 Å².